The number of carbonyl (C=O) groups excluding carboxylic acids is 1. The van der Waals surface area contributed by atoms with Gasteiger partial charge in [0.25, 0.3) is 5.91 Å². The van der Waals surface area contributed by atoms with E-state index < -0.39 is 17.5 Å². The van der Waals surface area contributed by atoms with Crippen LogP contribution in [0, 0.1) is 17.0 Å². The molecular formula is C20H23F2N5O. The Morgan fingerprint density at radius 2 is 2.00 bits per heavy atom. The van der Waals surface area contributed by atoms with Crippen molar-refractivity contribution in [3.05, 3.63) is 53.5 Å². The zero-order chi connectivity index (χ0) is 19.7. The second-order valence-electron chi connectivity index (χ2n) is 7.86. The molecule has 0 aliphatic carbocycles. The number of amides is 1. The third-order valence-electron chi connectivity index (χ3n) is 5.77. The highest BCUT2D eigenvalue weighted by Crippen LogP contribution is 2.40. The summed E-state index contributed by atoms with van der Waals surface area (Å²) in [5, 5.41) is 0. The smallest absolute Gasteiger partial charge is 0.268 e. The minimum Gasteiger partial charge on any atom is -0.364 e. The second kappa shape index (κ2) is 7.43. The van der Waals surface area contributed by atoms with Gasteiger partial charge in [0.2, 0.25) is 0 Å². The van der Waals surface area contributed by atoms with Crippen LogP contribution < -0.4 is 10.6 Å². The number of halogens is 2. The van der Waals surface area contributed by atoms with Gasteiger partial charge in [-0.05, 0) is 43.5 Å². The highest BCUT2D eigenvalue weighted by Gasteiger charge is 2.41. The fraction of sp³-hybridized carbons (Fsp3) is 0.450. The summed E-state index contributed by atoms with van der Waals surface area (Å²) < 4.78 is 26.7. The van der Waals surface area contributed by atoms with Crippen molar-refractivity contribution in [3.8, 4) is 0 Å². The Hall–Kier alpha value is -2.61. The number of hydrogen-bond acceptors (Lipinski definition) is 5. The van der Waals surface area contributed by atoms with E-state index in [1.807, 2.05) is 0 Å². The van der Waals surface area contributed by atoms with Gasteiger partial charge in [0, 0.05) is 31.6 Å². The van der Waals surface area contributed by atoms with Gasteiger partial charge >= 0.3 is 0 Å². The topological polar surface area (TPSA) is 75.4 Å². The number of piperidine rings is 1. The van der Waals surface area contributed by atoms with Gasteiger partial charge in [-0.25, -0.2) is 13.8 Å². The van der Waals surface area contributed by atoms with Crippen molar-refractivity contribution in [2.24, 2.45) is 11.1 Å². The zero-order valence-corrected chi connectivity index (χ0v) is 15.6. The van der Waals surface area contributed by atoms with Crippen LogP contribution in [0.4, 0.5) is 14.6 Å². The largest absolute Gasteiger partial charge is 0.364 e. The molecule has 1 aromatic heterocycles. The van der Waals surface area contributed by atoms with Gasteiger partial charge in [0.1, 0.15) is 11.5 Å². The lowest BCUT2D eigenvalue weighted by Crippen LogP contribution is -2.44. The van der Waals surface area contributed by atoms with Crippen LogP contribution in [0.25, 0.3) is 0 Å². The Morgan fingerprint density at radius 3 is 2.79 bits per heavy atom. The lowest BCUT2D eigenvalue weighted by atomic mass is 9.79. The van der Waals surface area contributed by atoms with Crippen molar-refractivity contribution >= 4 is 11.7 Å². The molecule has 4 rings (SSSR count). The summed E-state index contributed by atoms with van der Waals surface area (Å²) in [6.07, 6.45) is 6.23. The van der Waals surface area contributed by atoms with Crippen LogP contribution in [0.15, 0.2) is 30.6 Å². The normalized spacial score (nSPS) is 22.7. The zero-order valence-electron chi connectivity index (χ0n) is 15.6. The van der Waals surface area contributed by atoms with Gasteiger partial charge in [-0.2, -0.15) is 0 Å². The molecule has 148 valence electrons. The number of anilines is 1. The molecule has 2 aliphatic heterocycles. The van der Waals surface area contributed by atoms with E-state index in [-0.39, 0.29) is 11.1 Å². The predicted octanol–water partition coefficient (Wildman–Crippen LogP) is 2.35. The molecular weight excluding hydrogens is 364 g/mol. The van der Waals surface area contributed by atoms with Crippen LogP contribution in [0.1, 0.15) is 35.3 Å². The summed E-state index contributed by atoms with van der Waals surface area (Å²) in [4.78, 5) is 24.3. The molecule has 2 saturated heterocycles. The molecule has 3 heterocycles. The quantitative estimate of drug-likeness (QED) is 0.872. The number of likely N-dealkylation sites (tertiary alicyclic amines) is 1. The Labute approximate surface area is 162 Å². The summed E-state index contributed by atoms with van der Waals surface area (Å²) >= 11 is 0. The van der Waals surface area contributed by atoms with E-state index >= 15 is 0 Å². The average molecular weight is 387 g/mol. The maximum atomic E-state index is 13.5. The van der Waals surface area contributed by atoms with Crippen molar-refractivity contribution < 1.29 is 13.6 Å². The van der Waals surface area contributed by atoms with Crippen LogP contribution in [-0.2, 0) is 6.54 Å². The molecule has 0 bridgehead atoms. The summed E-state index contributed by atoms with van der Waals surface area (Å²) in [5.74, 6) is -1.53. The van der Waals surface area contributed by atoms with Gasteiger partial charge in [-0.3, -0.25) is 14.7 Å². The van der Waals surface area contributed by atoms with Gasteiger partial charge in [-0.15, -0.1) is 0 Å². The summed E-state index contributed by atoms with van der Waals surface area (Å²) in [7, 11) is 0. The van der Waals surface area contributed by atoms with Crippen molar-refractivity contribution in [1.29, 1.82) is 0 Å². The van der Waals surface area contributed by atoms with Gasteiger partial charge < -0.3 is 10.6 Å². The predicted molar refractivity (Wildman–Crippen MR) is 101 cm³/mol. The van der Waals surface area contributed by atoms with Crippen LogP contribution in [0.3, 0.4) is 0 Å². The van der Waals surface area contributed by atoms with E-state index in [4.69, 9.17) is 5.73 Å². The van der Waals surface area contributed by atoms with Crippen LogP contribution in [0.2, 0.25) is 0 Å². The lowest BCUT2D eigenvalue weighted by molar-refractivity contribution is 0.0990. The first-order valence-corrected chi connectivity index (χ1v) is 9.47. The molecule has 0 saturated carbocycles. The molecule has 6 nitrogen and oxygen atoms in total. The fourth-order valence-corrected chi connectivity index (χ4v) is 4.43. The van der Waals surface area contributed by atoms with Crippen molar-refractivity contribution in [1.82, 2.24) is 14.9 Å². The van der Waals surface area contributed by atoms with Crippen molar-refractivity contribution in [2.45, 2.75) is 25.8 Å². The minimum absolute atomic E-state index is 0.126. The number of nitrogens with zero attached hydrogens (tertiary/aromatic N) is 4. The number of rotatable bonds is 4. The number of nitrogens with two attached hydrogens (primary N) is 1. The van der Waals surface area contributed by atoms with Crippen LogP contribution in [0.5, 0.6) is 0 Å². The highest BCUT2D eigenvalue weighted by molar-refractivity contribution is 5.90. The van der Waals surface area contributed by atoms with E-state index in [1.165, 1.54) is 18.3 Å². The molecule has 1 spiro atoms. The van der Waals surface area contributed by atoms with E-state index in [1.54, 1.807) is 12.3 Å². The first kappa shape index (κ1) is 18.7. The molecule has 2 N–H and O–H groups in total. The molecule has 1 atom stereocenters. The Balaban J connectivity index is 1.44. The molecule has 1 unspecified atom stereocenters. The Morgan fingerprint density at radius 1 is 1.14 bits per heavy atom. The first-order valence-electron chi connectivity index (χ1n) is 9.47. The Bertz CT molecular complexity index is 893. The molecule has 1 aromatic carbocycles. The number of primary amides is 1. The van der Waals surface area contributed by atoms with Gasteiger partial charge in [0.15, 0.2) is 11.6 Å². The van der Waals surface area contributed by atoms with E-state index in [0.29, 0.717) is 12.4 Å². The summed E-state index contributed by atoms with van der Waals surface area (Å²) in [6, 6.07) is 4.11. The second-order valence-corrected chi connectivity index (χ2v) is 7.86. The molecule has 0 radical (unpaired) electrons. The fourth-order valence-electron chi connectivity index (χ4n) is 4.43. The standard InChI is InChI=1S/C20H23F2N5O/c21-15-3-2-14(8-16(15)22)11-26-6-1-4-20(12-26)5-7-27(13-20)18-10-24-9-17(25-18)19(23)28/h2-3,8-10H,1,4-7,11-13H2,(H2,23,28). The maximum absolute atomic E-state index is 13.5. The molecule has 2 aliphatic rings. The lowest BCUT2D eigenvalue weighted by Gasteiger charge is -2.40. The van der Waals surface area contributed by atoms with Gasteiger partial charge in [-0.1, -0.05) is 6.07 Å². The van der Waals surface area contributed by atoms with E-state index in [0.717, 1.165) is 51.0 Å². The third-order valence-corrected chi connectivity index (χ3v) is 5.77. The molecule has 28 heavy (non-hydrogen) atoms. The first-order chi connectivity index (χ1) is 13.4. The van der Waals surface area contributed by atoms with Crippen LogP contribution in [-0.4, -0.2) is 47.0 Å². The van der Waals surface area contributed by atoms with E-state index in [9.17, 15) is 13.6 Å². The number of hydrogen-bond donors (Lipinski definition) is 1. The monoisotopic (exact) mass is 387 g/mol. The number of carbonyl (C=O) groups is 1. The maximum Gasteiger partial charge on any atom is 0.268 e. The molecule has 8 heteroatoms. The molecule has 1 amide bonds. The molecule has 2 fully saturated rings. The third kappa shape index (κ3) is 3.82. The van der Waals surface area contributed by atoms with Crippen molar-refractivity contribution in [2.75, 3.05) is 31.1 Å². The van der Waals surface area contributed by atoms with Crippen LogP contribution >= 0.6 is 0 Å². The molecule has 2 aromatic rings. The number of benzene rings is 1. The van der Waals surface area contributed by atoms with E-state index in [2.05, 4.69) is 19.8 Å². The van der Waals surface area contributed by atoms with Gasteiger partial charge in [0.05, 0.1) is 12.4 Å². The SMILES string of the molecule is NC(=O)c1cncc(N2CCC3(CCCN(Cc4ccc(F)c(F)c4)C3)C2)n1. The minimum atomic E-state index is -0.815. The van der Waals surface area contributed by atoms with Crippen molar-refractivity contribution in [3.63, 3.8) is 0 Å². The average Bonchev–Trinajstić information content (AvgIpc) is 3.08. The summed E-state index contributed by atoms with van der Waals surface area (Å²) in [5.41, 5.74) is 6.39. The number of aromatic nitrogens is 2. The highest BCUT2D eigenvalue weighted by atomic mass is 19.2. The Kier molecular flexibility index (Phi) is 4.97. The summed E-state index contributed by atoms with van der Waals surface area (Å²) in [6.45, 7) is 4.12.